The van der Waals surface area contributed by atoms with Crippen molar-refractivity contribution in [2.45, 2.75) is 58.3 Å². The van der Waals surface area contributed by atoms with Gasteiger partial charge in [0.2, 0.25) is 0 Å². The summed E-state index contributed by atoms with van der Waals surface area (Å²) < 4.78 is 54.9. The summed E-state index contributed by atoms with van der Waals surface area (Å²) in [6, 6.07) is 6.57. The van der Waals surface area contributed by atoms with E-state index in [1.165, 1.54) is 0 Å². The van der Waals surface area contributed by atoms with Crippen LogP contribution in [0.2, 0.25) is 0 Å². The van der Waals surface area contributed by atoms with Crippen molar-refractivity contribution < 1.29 is 17.6 Å². The molecule has 0 bridgehead atoms. The molecule has 1 aliphatic rings. The zero-order valence-corrected chi connectivity index (χ0v) is 15.1. The van der Waals surface area contributed by atoms with Gasteiger partial charge in [-0.25, -0.2) is 17.6 Å². The average Bonchev–Trinajstić information content (AvgIpc) is 2.63. The fourth-order valence-corrected chi connectivity index (χ4v) is 3.83. The molecule has 0 aliphatic heterocycles. The molecule has 140 valence electrons. The summed E-state index contributed by atoms with van der Waals surface area (Å²) in [5.74, 6) is -3.50. The number of hydrogen-bond donors (Lipinski definition) is 0. The van der Waals surface area contributed by atoms with E-state index < -0.39 is 17.5 Å². The Kier molecular flexibility index (Phi) is 6.00. The molecule has 0 fully saturated rings. The smallest absolute Gasteiger partial charge is 0.194 e. The van der Waals surface area contributed by atoms with Crippen LogP contribution in [-0.4, -0.2) is 0 Å². The lowest BCUT2D eigenvalue weighted by Crippen LogP contribution is -2.18. The zero-order chi connectivity index (χ0) is 18.7. The summed E-state index contributed by atoms with van der Waals surface area (Å²) in [5, 5.41) is 0. The lowest BCUT2D eigenvalue weighted by Gasteiger charge is -2.25. The number of fused-ring (bicyclic) bond motifs is 1. The SMILES string of the molecule is CCCCc1ccc(CCC2CCc3c(cc(F)c(F)c3F)C2)c(F)c1. The van der Waals surface area contributed by atoms with Crippen LogP contribution in [0, 0.1) is 29.2 Å². The van der Waals surface area contributed by atoms with E-state index in [0.29, 0.717) is 42.4 Å². The van der Waals surface area contributed by atoms with Crippen molar-refractivity contribution in [1.29, 1.82) is 0 Å². The highest BCUT2D eigenvalue weighted by molar-refractivity contribution is 5.33. The Morgan fingerprint density at radius 1 is 0.962 bits per heavy atom. The Hall–Kier alpha value is -1.84. The second kappa shape index (κ2) is 8.24. The van der Waals surface area contributed by atoms with Gasteiger partial charge in [0.25, 0.3) is 0 Å². The van der Waals surface area contributed by atoms with Crippen molar-refractivity contribution >= 4 is 0 Å². The van der Waals surface area contributed by atoms with Gasteiger partial charge in [0.05, 0.1) is 0 Å². The molecule has 0 radical (unpaired) electrons. The molecule has 0 nitrogen and oxygen atoms in total. The summed E-state index contributed by atoms with van der Waals surface area (Å²) in [7, 11) is 0. The second-order valence-corrected chi connectivity index (χ2v) is 7.30. The van der Waals surface area contributed by atoms with E-state index in [4.69, 9.17) is 0 Å². The van der Waals surface area contributed by atoms with Gasteiger partial charge < -0.3 is 0 Å². The molecule has 0 amide bonds. The van der Waals surface area contributed by atoms with E-state index in [2.05, 4.69) is 6.92 Å². The lowest BCUT2D eigenvalue weighted by atomic mass is 9.80. The molecule has 0 spiro atoms. The molecule has 26 heavy (non-hydrogen) atoms. The van der Waals surface area contributed by atoms with Gasteiger partial charge in [-0.2, -0.15) is 0 Å². The van der Waals surface area contributed by atoms with E-state index in [-0.39, 0.29) is 11.7 Å². The Bertz CT molecular complexity index is 782. The van der Waals surface area contributed by atoms with E-state index in [1.54, 1.807) is 6.07 Å². The summed E-state index contributed by atoms with van der Waals surface area (Å²) in [6.45, 7) is 2.11. The summed E-state index contributed by atoms with van der Waals surface area (Å²) in [4.78, 5) is 0. The first-order valence-electron chi connectivity index (χ1n) is 9.42. The van der Waals surface area contributed by atoms with E-state index in [9.17, 15) is 17.6 Å². The minimum Gasteiger partial charge on any atom is -0.207 e. The van der Waals surface area contributed by atoms with Crippen LogP contribution in [-0.2, 0) is 25.7 Å². The van der Waals surface area contributed by atoms with Crippen molar-refractivity contribution in [2.24, 2.45) is 5.92 Å². The van der Waals surface area contributed by atoms with E-state index in [1.807, 2.05) is 12.1 Å². The van der Waals surface area contributed by atoms with Crippen LogP contribution in [0.4, 0.5) is 17.6 Å². The van der Waals surface area contributed by atoms with Gasteiger partial charge in [-0.1, -0.05) is 25.5 Å². The topological polar surface area (TPSA) is 0 Å². The normalized spacial score (nSPS) is 16.6. The van der Waals surface area contributed by atoms with Crippen LogP contribution >= 0.6 is 0 Å². The molecule has 0 saturated carbocycles. The van der Waals surface area contributed by atoms with E-state index >= 15 is 0 Å². The maximum Gasteiger partial charge on any atom is 0.194 e. The molecular weight excluding hydrogens is 340 g/mol. The number of aryl methyl sites for hydroxylation is 2. The first kappa shape index (κ1) is 18.9. The molecular formula is C22H24F4. The minimum atomic E-state index is -1.38. The second-order valence-electron chi connectivity index (χ2n) is 7.30. The molecule has 0 saturated heterocycles. The summed E-state index contributed by atoms with van der Waals surface area (Å²) in [5.41, 5.74) is 2.56. The van der Waals surface area contributed by atoms with Crippen molar-refractivity contribution in [2.75, 3.05) is 0 Å². The molecule has 2 aromatic rings. The van der Waals surface area contributed by atoms with Crippen LogP contribution in [0.5, 0.6) is 0 Å². The molecule has 1 atom stereocenters. The van der Waals surface area contributed by atoms with E-state index in [0.717, 1.165) is 37.3 Å². The number of rotatable bonds is 6. The highest BCUT2D eigenvalue weighted by Crippen LogP contribution is 2.32. The molecule has 0 N–H and O–H groups in total. The molecule has 1 unspecified atom stereocenters. The number of benzene rings is 2. The van der Waals surface area contributed by atoms with Crippen molar-refractivity contribution in [3.05, 3.63) is 69.8 Å². The third-order valence-corrected chi connectivity index (χ3v) is 5.43. The van der Waals surface area contributed by atoms with Crippen LogP contribution < -0.4 is 0 Å². The lowest BCUT2D eigenvalue weighted by molar-refractivity contribution is 0.392. The predicted molar refractivity (Wildman–Crippen MR) is 95.2 cm³/mol. The van der Waals surface area contributed by atoms with Gasteiger partial charge in [-0.05, 0) is 85.3 Å². The van der Waals surface area contributed by atoms with Crippen LogP contribution in [0.1, 0.15) is 54.9 Å². The van der Waals surface area contributed by atoms with Gasteiger partial charge >= 0.3 is 0 Å². The number of halogens is 4. The van der Waals surface area contributed by atoms with Crippen LogP contribution in [0.3, 0.4) is 0 Å². The zero-order valence-electron chi connectivity index (χ0n) is 15.1. The Morgan fingerprint density at radius 3 is 2.50 bits per heavy atom. The van der Waals surface area contributed by atoms with Gasteiger partial charge in [0.1, 0.15) is 5.82 Å². The summed E-state index contributed by atoms with van der Waals surface area (Å²) in [6.07, 6.45) is 6.01. The van der Waals surface area contributed by atoms with Crippen LogP contribution in [0.25, 0.3) is 0 Å². The Balaban J connectivity index is 1.63. The van der Waals surface area contributed by atoms with Crippen molar-refractivity contribution in [3.8, 4) is 0 Å². The number of hydrogen-bond acceptors (Lipinski definition) is 0. The van der Waals surface area contributed by atoms with Gasteiger partial charge in [0, 0.05) is 0 Å². The maximum absolute atomic E-state index is 14.3. The molecule has 2 aromatic carbocycles. The van der Waals surface area contributed by atoms with Gasteiger partial charge in [-0.15, -0.1) is 0 Å². The standard InChI is InChI=1S/C22H24F4/c1-2-3-4-14-5-8-16(19(23)12-14)9-6-15-7-10-18-17(11-15)13-20(24)22(26)21(18)25/h5,8,12-13,15H,2-4,6-7,9-11H2,1H3. The summed E-state index contributed by atoms with van der Waals surface area (Å²) >= 11 is 0. The molecule has 0 aromatic heterocycles. The first-order valence-corrected chi connectivity index (χ1v) is 9.42. The van der Waals surface area contributed by atoms with Gasteiger partial charge in [0.15, 0.2) is 17.5 Å². The van der Waals surface area contributed by atoms with Crippen molar-refractivity contribution in [3.63, 3.8) is 0 Å². The number of unbranched alkanes of at least 4 members (excludes halogenated alkanes) is 1. The third-order valence-electron chi connectivity index (χ3n) is 5.43. The molecule has 0 heterocycles. The van der Waals surface area contributed by atoms with Gasteiger partial charge in [-0.3, -0.25) is 0 Å². The van der Waals surface area contributed by atoms with Crippen molar-refractivity contribution in [1.82, 2.24) is 0 Å². The highest BCUT2D eigenvalue weighted by Gasteiger charge is 2.25. The predicted octanol–water partition coefficient (Wildman–Crippen LogP) is 6.32. The van der Waals surface area contributed by atoms with Crippen LogP contribution in [0.15, 0.2) is 24.3 Å². The molecule has 3 rings (SSSR count). The largest absolute Gasteiger partial charge is 0.207 e. The maximum atomic E-state index is 14.3. The molecule has 1 aliphatic carbocycles. The highest BCUT2D eigenvalue weighted by atomic mass is 19.2. The Labute approximate surface area is 152 Å². The molecule has 4 heteroatoms. The Morgan fingerprint density at radius 2 is 1.77 bits per heavy atom. The monoisotopic (exact) mass is 364 g/mol. The third kappa shape index (κ3) is 4.11. The minimum absolute atomic E-state index is 0.172. The fraction of sp³-hybridized carbons (Fsp3) is 0.455. The fourth-order valence-electron chi connectivity index (χ4n) is 3.83. The quantitative estimate of drug-likeness (QED) is 0.415. The first-order chi connectivity index (χ1) is 12.5. The average molecular weight is 364 g/mol.